The number of aromatic nitrogens is 1. The van der Waals surface area contributed by atoms with Gasteiger partial charge in [0.1, 0.15) is 5.56 Å². The molecule has 0 aliphatic carbocycles. The summed E-state index contributed by atoms with van der Waals surface area (Å²) in [5.41, 5.74) is 0.856. The third-order valence-corrected chi connectivity index (χ3v) is 4.37. The number of sulfone groups is 1. The van der Waals surface area contributed by atoms with E-state index in [4.69, 9.17) is 4.74 Å². The first-order valence-corrected chi connectivity index (χ1v) is 9.06. The molecule has 8 heteroatoms. The summed E-state index contributed by atoms with van der Waals surface area (Å²) in [7, 11) is -1.60. The lowest BCUT2D eigenvalue weighted by Crippen LogP contribution is -2.14. The van der Waals surface area contributed by atoms with Gasteiger partial charge in [-0.3, -0.25) is 4.79 Å². The van der Waals surface area contributed by atoms with Gasteiger partial charge >= 0.3 is 5.97 Å². The Morgan fingerprint density at radius 1 is 1.17 bits per heavy atom. The van der Waals surface area contributed by atoms with Crippen LogP contribution in [0.4, 0.5) is 5.69 Å². The Balaban J connectivity index is 2.22. The second-order valence-corrected chi connectivity index (χ2v) is 7.24. The van der Waals surface area contributed by atoms with Gasteiger partial charge in [0.25, 0.3) is 5.91 Å². The first kappa shape index (κ1) is 17.7. The summed E-state index contributed by atoms with van der Waals surface area (Å²) in [6.07, 6.45) is 4.24. The molecule has 1 aromatic carbocycles. The van der Waals surface area contributed by atoms with Gasteiger partial charge in [0, 0.05) is 31.3 Å². The number of hydrogen-bond acceptors (Lipinski definition) is 5. The van der Waals surface area contributed by atoms with Gasteiger partial charge in [-0.15, -0.1) is 0 Å². The molecule has 0 fully saturated rings. The number of anilines is 1. The van der Waals surface area contributed by atoms with Crippen LogP contribution in [0.25, 0.3) is 0 Å². The average Bonchev–Trinajstić information content (AvgIpc) is 2.87. The van der Waals surface area contributed by atoms with Crippen LogP contribution in [-0.2, 0) is 21.6 Å². The van der Waals surface area contributed by atoms with E-state index in [1.807, 2.05) is 0 Å². The summed E-state index contributed by atoms with van der Waals surface area (Å²) in [6.45, 7) is 1.93. The highest BCUT2D eigenvalue weighted by Gasteiger charge is 2.18. The minimum absolute atomic E-state index is 0.131. The molecule has 0 radical (unpaired) electrons. The first-order valence-electron chi connectivity index (χ1n) is 7.17. The van der Waals surface area contributed by atoms with Crippen molar-refractivity contribution in [3.8, 4) is 0 Å². The van der Waals surface area contributed by atoms with Gasteiger partial charge in [-0.05, 0) is 31.2 Å². The third kappa shape index (κ3) is 4.02. The molecule has 0 atom stereocenters. The highest BCUT2D eigenvalue weighted by Crippen LogP contribution is 2.19. The molecule has 128 valence electrons. The zero-order valence-electron chi connectivity index (χ0n) is 13.6. The summed E-state index contributed by atoms with van der Waals surface area (Å²) in [5, 5.41) is 2.64. The van der Waals surface area contributed by atoms with Crippen LogP contribution < -0.4 is 5.32 Å². The maximum absolute atomic E-state index is 12.3. The summed E-state index contributed by atoms with van der Waals surface area (Å²) >= 11 is 0. The minimum Gasteiger partial charge on any atom is -0.462 e. The van der Waals surface area contributed by atoms with E-state index in [0.717, 1.165) is 6.26 Å². The second-order valence-electron chi connectivity index (χ2n) is 5.22. The normalized spacial score (nSPS) is 11.1. The molecule has 24 heavy (non-hydrogen) atoms. The number of carbonyl (C=O) groups is 2. The van der Waals surface area contributed by atoms with E-state index in [-0.39, 0.29) is 22.6 Å². The zero-order chi connectivity index (χ0) is 17.9. The van der Waals surface area contributed by atoms with Crippen molar-refractivity contribution in [2.45, 2.75) is 11.8 Å². The monoisotopic (exact) mass is 350 g/mol. The number of esters is 1. The van der Waals surface area contributed by atoms with Crippen LogP contribution in [0.5, 0.6) is 0 Å². The molecular weight excluding hydrogens is 332 g/mol. The molecule has 1 heterocycles. The number of carbonyl (C=O) groups excluding carboxylic acids is 2. The lowest BCUT2D eigenvalue weighted by atomic mass is 10.2. The molecule has 1 amide bonds. The molecular formula is C16H18N2O5S. The SMILES string of the molecule is CCOC(=O)c1cn(C)cc1NC(=O)c1ccc(S(C)(=O)=O)cc1. The number of hydrogen-bond donors (Lipinski definition) is 1. The molecule has 0 bridgehead atoms. The molecule has 0 aliphatic rings. The van der Waals surface area contributed by atoms with Gasteiger partial charge in [-0.2, -0.15) is 0 Å². The molecule has 2 aromatic rings. The van der Waals surface area contributed by atoms with Crippen molar-refractivity contribution in [2.24, 2.45) is 7.05 Å². The predicted molar refractivity (Wildman–Crippen MR) is 88.9 cm³/mol. The maximum Gasteiger partial charge on any atom is 0.341 e. The number of nitrogens with zero attached hydrogens (tertiary/aromatic N) is 1. The number of nitrogens with one attached hydrogen (secondary N) is 1. The van der Waals surface area contributed by atoms with Crippen LogP contribution in [-0.4, -0.2) is 37.7 Å². The van der Waals surface area contributed by atoms with Crippen molar-refractivity contribution >= 4 is 27.4 Å². The van der Waals surface area contributed by atoms with E-state index in [1.54, 1.807) is 30.9 Å². The Morgan fingerprint density at radius 2 is 1.79 bits per heavy atom. The van der Waals surface area contributed by atoms with E-state index in [1.165, 1.54) is 24.3 Å². The Morgan fingerprint density at radius 3 is 2.33 bits per heavy atom. The van der Waals surface area contributed by atoms with Gasteiger partial charge < -0.3 is 14.6 Å². The molecule has 0 spiro atoms. The largest absolute Gasteiger partial charge is 0.462 e. The molecule has 1 aromatic heterocycles. The lowest BCUT2D eigenvalue weighted by molar-refractivity contribution is 0.0527. The van der Waals surface area contributed by atoms with E-state index < -0.39 is 21.7 Å². The third-order valence-electron chi connectivity index (χ3n) is 3.24. The van der Waals surface area contributed by atoms with E-state index >= 15 is 0 Å². The van der Waals surface area contributed by atoms with Crippen molar-refractivity contribution in [3.05, 3.63) is 47.8 Å². The summed E-state index contributed by atoms with van der Waals surface area (Å²) < 4.78 is 29.5. The lowest BCUT2D eigenvalue weighted by Gasteiger charge is -2.07. The summed E-state index contributed by atoms with van der Waals surface area (Å²) in [4.78, 5) is 24.3. The fourth-order valence-corrected chi connectivity index (χ4v) is 2.73. The summed E-state index contributed by atoms with van der Waals surface area (Å²) in [5.74, 6) is -0.979. The van der Waals surface area contributed by atoms with E-state index in [0.29, 0.717) is 5.69 Å². The maximum atomic E-state index is 12.3. The molecule has 1 N–H and O–H groups in total. The van der Waals surface area contributed by atoms with E-state index in [9.17, 15) is 18.0 Å². The zero-order valence-corrected chi connectivity index (χ0v) is 14.4. The quantitative estimate of drug-likeness (QED) is 0.831. The van der Waals surface area contributed by atoms with Crippen LogP contribution in [0.1, 0.15) is 27.6 Å². The second kappa shape index (κ2) is 6.88. The van der Waals surface area contributed by atoms with Crippen LogP contribution in [0.3, 0.4) is 0 Å². The molecule has 0 unspecified atom stereocenters. The molecule has 7 nitrogen and oxygen atoms in total. The van der Waals surface area contributed by atoms with Crippen molar-refractivity contribution in [2.75, 3.05) is 18.2 Å². The molecule has 0 saturated heterocycles. The van der Waals surface area contributed by atoms with Gasteiger partial charge in [-0.1, -0.05) is 0 Å². The smallest absolute Gasteiger partial charge is 0.341 e. The number of rotatable bonds is 5. The van der Waals surface area contributed by atoms with Crippen molar-refractivity contribution in [3.63, 3.8) is 0 Å². The molecule has 2 rings (SSSR count). The number of amides is 1. The minimum atomic E-state index is -3.32. The summed E-state index contributed by atoms with van der Waals surface area (Å²) in [6, 6.07) is 5.56. The van der Waals surface area contributed by atoms with Gasteiger partial charge in [0.2, 0.25) is 0 Å². The van der Waals surface area contributed by atoms with Gasteiger partial charge in [-0.25, -0.2) is 13.2 Å². The topological polar surface area (TPSA) is 94.5 Å². The fourth-order valence-electron chi connectivity index (χ4n) is 2.10. The number of ether oxygens (including phenoxy) is 1. The first-order chi connectivity index (χ1) is 11.2. The Labute approximate surface area is 140 Å². The van der Waals surface area contributed by atoms with Crippen LogP contribution in [0, 0.1) is 0 Å². The number of benzene rings is 1. The van der Waals surface area contributed by atoms with Gasteiger partial charge in [0.05, 0.1) is 17.2 Å². The van der Waals surface area contributed by atoms with Gasteiger partial charge in [0.15, 0.2) is 9.84 Å². The molecule has 0 saturated carbocycles. The predicted octanol–water partition coefficient (Wildman–Crippen LogP) is 1.86. The van der Waals surface area contributed by atoms with E-state index in [2.05, 4.69) is 5.32 Å². The van der Waals surface area contributed by atoms with Crippen LogP contribution >= 0.6 is 0 Å². The van der Waals surface area contributed by atoms with Crippen LogP contribution in [0.15, 0.2) is 41.6 Å². The Bertz CT molecular complexity index is 866. The number of aryl methyl sites for hydroxylation is 1. The standard InChI is InChI=1S/C16H18N2O5S/c1-4-23-16(20)13-9-18(2)10-14(13)17-15(19)11-5-7-12(8-6-11)24(3,21)22/h5-10H,4H2,1-3H3,(H,17,19). The van der Waals surface area contributed by atoms with Crippen molar-refractivity contribution < 1.29 is 22.7 Å². The van der Waals surface area contributed by atoms with Crippen LogP contribution in [0.2, 0.25) is 0 Å². The van der Waals surface area contributed by atoms with Crippen molar-refractivity contribution in [1.82, 2.24) is 4.57 Å². The highest BCUT2D eigenvalue weighted by molar-refractivity contribution is 7.90. The Kier molecular flexibility index (Phi) is 5.08. The fraction of sp³-hybridized carbons (Fsp3) is 0.250. The molecule has 0 aliphatic heterocycles. The van der Waals surface area contributed by atoms with Crippen molar-refractivity contribution in [1.29, 1.82) is 0 Å². The highest BCUT2D eigenvalue weighted by atomic mass is 32.2. The Hall–Kier alpha value is -2.61. The average molecular weight is 350 g/mol.